The van der Waals surface area contributed by atoms with Gasteiger partial charge in [0, 0.05) is 61.9 Å². The van der Waals surface area contributed by atoms with Crippen LogP contribution in [0.2, 0.25) is 0 Å². The molecule has 1 aliphatic heterocycles. The predicted molar refractivity (Wildman–Crippen MR) is 158 cm³/mol. The van der Waals surface area contributed by atoms with Gasteiger partial charge in [-0.25, -0.2) is 9.97 Å². The van der Waals surface area contributed by atoms with Crippen molar-refractivity contribution in [1.29, 1.82) is 0 Å². The average Bonchev–Trinajstić information content (AvgIpc) is 3.49. The number of aromatic nitrogens is 5. The molecule has 0 spiro atoms. The summed E-state index contributed by atoms with van der Waals surface area (Å²) in [5.74, 6) is 0.304. The summed E-state index contributed by atoms with van der Waals surface area (Å²) in [6, 6.07) is 12.4. The Bertz CT molecular complexity index is 1800. The highest BCUT2D eigenvalue weighted by atomic mass is 19.4. The van der Waals surface area contributed by atoms with E-state index in [1.807, 2.05) is 11.9 Å². The largest absolute Gasteiger partial charge is 0.437 e. The molecule has 0 bridgehead atoms. The number of imidazole rings is 1. The fourth-order valence-electron chi connectivity index (χ4n) is 5.03. The Kier molecular flexibility index (Phi) is 7.97. The first-order valence-corrected chi connectivity index (χ1v) is 14.0. The fourth-order valence-corrected chi connectivity index (χ4v) is 5.03. The minimum Gasteiger partial charge on any atom is -0.437 e. The first-order valence-electron chi connectivity index (χ1n) is 14.0. The van der Waals surface area contributed by atoms with E-state index in [4.69, 9.17) is 4.74 Å². The zero-order valence-electron chi connectivity index (χ0n) is 24.0. The van der Waals surface area contributed by atoms with E-state index in [9.17, 15) is 18.0 Å². The van der Waals surface area contributed by atoms with E-state index in [0.717, 1.165) is 19.2 Å². The van der Waals surface area contributed by atoms with Gasteiger partial charge >= 0.3 is 6.18 Å². The van der Waals surface area contributed by atoms with Crippen LogP contribution in [-0.4, -0.2) is 73.9 Å². The molecule has 0 radical (unpaired) electrons. The van der Waals surface area contributed by atoms with Crippen molar-refractivity contribution in [2.75, 3.05) is 38.5 Å². The number of carbonyl (C=O) groups excluding carboxylic acids is 1. The number of likely N-dealkylation sites (N-methyl/N-ethyl adjacent to an activating group) is 1. The van der Waals surface area contributed by atoms with Crippen molar-refractivity contribution in [2.24, 2.45) is 0 Å². The van der Waals surface area contributed by atoms with Gasteiger partial charge in [0.15, 0.2) is 11.5 Å². The van der Waals surface area contributed by atoms with E-state index >= 15 is 0 Å². The van der Waals surface area contributed by atoms with Crippen LogP contribution < -0.4 is 10.1 Å². The number of H-pyrrole nitrogens is 1. The SMILES string of the molecule is Cc1ccc(Oc2nc(-c3ccncc3)nc3nc[nH]c23)cc1C(=O)Nc1ccc(CN2CCN(C)CC2)c(C(F)(F)F)c1. The Morgan fingerprint density at radius 2 is 1.80 bits per heavy atom. The van der Waals surface area contributed by atoms with Gasteiger partial charge < -0.3 is 19.9 Å². The third kappa shape index (κ3) is 6.38. The van der Waals surface area contributed by atoms with Crippen LogP contribution in [0.4, 0.5) is 18.9 Å². The summed E-state index contributed by atoms with van der Waals surface area (Å²) in [6.07, 6.45) is 0.147. The van der Waals surface area contributed by atoms with E-state index in [1.54, 1.807) is 43.6 Å². The van der Waals surface area contributed by atoms with Crippen LogP contribution in [0, 0.1) is 6.92 Å². The number of amides is 1. The van der Waals surface area contributed by atoms with Crippen molar-refractivity contribution < 1.29 is 22.7 Å². The molecule has 0 saturated carbocycles. The van der Waals surface area contributed by atoms with Crippen molar-refractivity contribution in [2.45, 2.75) is 19.6 Å². The Morgan fingerprint density at radius 3 is 2.55 bits per heavy atom. The van der Waals surface area contributed by atoms with Gasteiger partial charge in [0.25, 0.3) is 5.91 Å². The Labute approximate surface area is 250 Å². The van der Waals surface area contributed by atoms with E-state index in [0.29, 0.717) is 47.0 Å². The lowest BCUT2D eigenvalue weighted by Crippen LogP contribution is -2.44. The molecule has 44 heavy (non-hydrogen) atoms. The molecule has 226 valence electrons. The molecule has 1 amide bonds. The number of rotatable bonds is 7. The lowest BCUT2D eigenvalue weighted by atomic mass is 10.0. The minimum atomic E-state index is -4.57. The number of anilines is 1. The number of hydrogen-bond acceptors (Lipinski definition) is 8. The van der Waals surface area contributed by atoms with Crippen molar-refractivity contribution in [3.8, 4) is 23.0 Å². The van der Waals surface area contributed by atoms with E-state index in [1.165, 1.54) is 24.5 Å². The highest BCUT2D eigenvalue weighted by Gasteiger charge is 2.34. The molecule has 1 fully saturated rings. The first-order chi connectivity index (χ1) is 21.1. The molecular weight excluding hydrogens is 573 g/mol. The monoisotopic (exact) mass is 602 g/mol. The van der Waals surface area contributed by atoms with Crippen LogP contribution in [0.25, 0.3) is 22.6 Å². The van der Waals surface area contributed by atoms with Gasteiger partial charge in [-0.2, -0.15) is 18.2 Å². The highest BCUT2D eigenvalue weighted by molar-refractivity contribution is 6.05. The van der Waals surface area contributed by atoms with Gasteiger partial charge in [0.1, 0.15) is 11.3 Å². The van der Waals surface area contributed by atoms with E-state index in [-0.39, 0.29) is 29.2 Å². The Hall–Kier alpha value is -4.88. The van der Waals surface area contributed by atoms with Crippen molar-refractivity contribution in [3.05, 3.63) is 89.5 Å². The summed E-state index contributed by atoms with van der Waals surface area (Å²) in [5, 5.41) is 2.63. The zero-order chi connectivity index (χ0) is 30.8. The maximum Gasteiger partial charge on any atom is 0.416 e. The maximum atomic E-state index is 14.1. The molecule has 5 aromatic rings. The molecule has 0 aliphatic carbocycles. The van der Waals surface area contributed by atoms with Gasteiger partial charge in [-0.15, -0.1) is 0 Å². The van der Waals surface area contributed by atoms with Crippen LogP contribution in [-0.2, 0) is 12.7 Å². The second-order valence-corrected chi connectivity index (χ2v) is 10.7. The minimum absolute atomic E-state index is 0.0483. The molecule has 4 heterocycles. The smallest absolute Gasteiger partial charge is 0.416 e. The lowest BCUT2D eigenvalue weighted by molar-refractivity contribution is -0.138. The molecular formula is C31H29F3N8O2. The number of hydrogen-bond donors (Lipinski definition) is 2. The standard InChI is InChI=1S/C31H29F3N8O2/c1-19-3-6-23(44-30-26-28(37-18-36-26)39-27(40-30)20-7-9-35-10-8-20)16-24(19)29(43)38-22-5-4-21(25(15-22)31(32,33)34)17-42-13-11-41(2)12-14-42/h3-10,15-16,18H,11-14,17H2,1-2H3,(H,38,43)(H,36,37,39,40). The van der Waals surface area contributed by atoms with Crippen LogP contribution in [0.5, 0.6) is 11.6 Å². The van der Waals surface area contributed by atoms with Gasteiger partial charge in [-0.05, 0) is 61.5 Å². The molecule has 0 unspecified atom stereocenters. The van der Waals surface area contributed by atoms with Crippen LogP contribution in [0.15, 0.2) is 67.3 Å². The number of nitrogens with zero attached hydrogens (tertiary/aromatic N) is 6. The molecule has 3 aromatic heterocycles. The van der Waals surface area contributed by atoms with E-state index in [2.05, 4.69) is 35.1 Å². The maximum absolute atomic E-state index is 14.1. The molecule has 10 nitrogen and oxygen atoms in total. The number of nitrogens with one attached hydrogen (secondary N) is 2. The third-order valence-corrected chi connectivity index (χ3v) is 7.52. The fraction of sp³-hybridized carbons (Fsp3) is 0.258. The summed E-state index contributed by atoms with van der Waals surface area (Å²) in [6.45, 7) is 4.90. The Balaban J connectivity index is 1.24. The molecule has 13 heteroatoms. The topological polar surface area (TPSA) is 112 Å². The van der Waals surface area contributed by atoms with Gasteiger partial charge in [0.05, 0.1) is 11.9 Å². The number of alkyl halides is 3. The van der Waals surface area contributed by atoms with Crippen LogP contribution in [0.1, 0.15) is 27.0 Å². The number of piperazine rings is 1. The van der Waals surface area contributed by atoms with Crippen molar-refractivity contribution >= 4 is 22.8 Å². The molecule has 2 N–H and O–H groups in total. The van der Waals surface area contributed by atoms with E-state index < -0.39 is 17.6 Å². The molecule has 2 aromatic carbocycles. The summed E-state index contributed by atoms with van der Waals surface area (Å²) < 4.78 is 48.3. The first kappa shape index (κ1) is 29.2. The molecule has 6 rings (SSSR count). The number of carbonyl (C=O) groups is 1. The van der Waals surface area contributed by atoms with Gasteiger partial charge in [-0.3, -0.25) is 14.7 Å². The number of benzene rings is 2. The van der Waals surface area contributed by atoms with Crippen molar-refractivity contribution in [3.63, 3.8) is 0 Å². The summed E-state index contributed by atoms with van der Waals surface area (Å²) >= 11 is 0. The Morgan fingerprint density at radius 1 is 1.02 bits per heavy atom. The number of fused-ring (bicyclic) bond motifs is 1. The van der Waals surface area contributed by atoms with Crippen LogP contribution >= 0.6 is 0 Å². The number of aromatic amines is 1. The normalized spacial score (nSPS) is 14.6. The quantitative estimate of drug-likeness (QED) is 0.250. The van der Waals surface area contributed by atoms with Gasteiger partial charge in [-0.1, -0.05) is 12.1 Å². The molecule has 1 aliphatic rings. The highest BCUT2D eigenvalue weighted by Crippen LogP contribution is 2.35. The second kappa shape index (κ2) is 12.0. The summed E-state index contributed by atoms with van der Waals surface area (Å²) in [4.78, 5) is 37.7. The van der Waals surface area contributed by atoms with Gasteiger partial charge in [0.2, 0.25) is 5.88 Å². The van der Waals surface area contributed by atoms with Crippen LogP contribution in [0.3, 0.4) is 0 Å². The number of pyridine rings is 1. The number of halogens is 3. The third-order valence-electron chi connectivity index (χ3n) is 7.52. The molecule has 1 saturated heterocycles. The number of ether oxygens (including phenoxy) is 1. The lowest BCUT2D eigenvalue weighted by Gasteiger charge is -2.33. The van der Waals surface area contributed by atoms with Crippen molar-refractivity contribution in [1.82, 2.24) is 34.7 Å². The second-order valence-electron chi connectivity index (χ2n) is 10.7. The summed E-state index contributed by atoms with van der Waals surface area (Å²) in [5.41, 5.74) is 1.88. The number of aryl methyl sites for hydroxylation is 1. The molecule has 0 atom stereocenters. The predicted octanol–water partition coefficient (Wildman–Crippen LogP) is 5.53. The zero-order valence-corrected chi connectivity index (χ0v) is 24.0. The average molecular weight is 603 g/mol. The summed E-state index contributed by atoms with van der Waals surface area (Å²) in [7, 11) is 1.99.